The Labute approximate surface area is 259 Å². The smallest absolute Gasteiger partial charge is 0.330 e. The molecule has 0 aromatic carbocycles. The number of ether oxygens (including phenoxy) is 2. The van der Waals surface area contributed by atoms with E-state index in [-0.39, 0.29) is 37.5 Å². The molecular formula is C34H47NO9. The van der Waals surface area contributed by atoms with Crippen LogP contribution in [-0.4, -0.2) is 73.5 Å². The summed E-state index contributed by atoms with van der Waals surface area (Å²) in [5, 5.41) is 42.4. The maximum atomic E-state index is 12.9. The third-order valence-corrected chi connectivity index (χ3v) is 8.51. The van der Waals surface area contributed by atoms with Gasteiger partial charge in [-0.2, -0.15) is 0 Å². The second-order valence-electron chi connectivity index (χ2n) is 12.4. The van der Waals surface area contributed by atoms with Gasteiger partial charge in [-0.3, -0.25) is 4.79 Å². The van der Waals surface area contributed by atoms with E-state index in [1.54, 1.807) is 52.2 Å². The van der Waals surface area contributed by atoms with Crippen molar-refractivity contribution in [3.05, 3.63) is 71.5 Å². The number of esters is 1. The van der Waals surface area contributed by atoms with Crippen molar-refractivity contribution in [1.82, 2.24) is 4.98 Å². The third kappa shape index (κ3) is 10.1. The first-order valence-electron chi connectivity index (χ1n) is 15.1. The molecule has 242 valence electrons. The minimum Gasteiger partial charge on any atom is -0.481 e. The highest BCUT2D eigenvalue weighted by Gasteiger charge is 2.56. The van der Waals surface area contributed by atoms with Crippen molar-refractivity contribution in [3.63, 3.8) is 0 Å². The first kappa shape index (κ1) is 35.2. The average Bonchev–Trinajstić information content (AvgIpc) is 3.45. The van der Waals surface area contributed by atoms with Crippen molar-refractivity contribution in [2.75, 3.05) is 0 Å². The van der Waals surface area contributed by atoms with Crippen LogP contribution in [0.2, 0.25) is 0 Å². The van der Waals surface area contributed by atoms with Gasteiger partial charge in [-0.15, -0.1) is 0 Å². The molecule has 0 aliphatic carbocycles. The summed E-state index contributed by atoms with van der Waals surface area (Å²) < 4.78 is 16.8. The molecule has 0 radical (unpaired) electrons. The maximum absolute atomic E-state index is 12.9. The molecule has 0 unspecified atom stereocenters. The zero-order valence-electron chi connectivity index (χ0n) is 26.4. The molecule has 2 aliphatic rings. The predicted molar refractivity (Wildman–Crippen MR) is 165 cm³/mol. The van der Waals surface area contributed by atoms with Crippen LogP contribution < -0.4 is 0 Å². The summed E-state index contributed by atoms with van der Waals surface area (Å²) in [6, 6.07) is 0. The van der Waals surface area contributed by atoms with Crippen molar-refractivity contribution >= 4 is 18.0 Å². The number of aliphatic carboxylic acids is 1. The molecule has 9 atom stereocenters. The summed E-state index contributed by atoms with van der Waals surface area (Å²) in [7, 11) is 0. The number of aromatic nitrogens is 1. The Hall–Kier alpha value is -3.31. The molecule has 3 heterocycles. The number of carbonyl (C=O) groups is 2. The molecule has 0 bridgehead atoms. The highest BCUT2D eigenvalue weighted by Crippen LogP contribution is 2.43. The van der Waals surface area contributed by atoms with Crippen LogP contribution in [0.4, 0.5) is 0 Å². The third-order valence-electron chi connectivity index (χ3n) is 8.51. The Bertz CT molecular complexity index is 1290. The van der Waals surface area contributed by atoms with E-state index in [1.165, 1.54) is 6.08 Å². The molecule has 3 rings (SSSR count). The Kier molecular flexibility index (Phi) is 12.5. The van der Waals surface area contributed by atoms with Crippen LogP contribution in [0.1, 0.15) is 71.9 Å². The summed E-state index contributed by atoms with van der Waals surface area (Å²) in [6.07, 6.45) is 11.7. The summed E-state index contributed by atoms with van der Waals surface area (Å²) in [5.41, 5.74) is 1.37. The molecule has 0 spiro atoms. The highest BCUT2D eigenvalue weighted by atomic mass is 16.6. The van der Waals surface area contributed by atoms with Crippen LogP contribution in [0.3, 0.4) is 0 Å². The van der Waals surface area contributed by atoms with Gasteiger partial charge in [0.25, 0.3) is 0 Å². The summed E-state index contributed by atoms with van der Waals surface area (Å²) in [6.45, 7) is 10.8. The molecule has 1 saturated heterocycles. The van der Waals surface area contributed by atoms with Gasteiger partial charge in [0.2, 0.25) is 0 Å². The number of aryl methyl sites for hydroxylation is 1. The number of rotatable bonds is 8. The zero-order chi connectivity index (χ0) is 32.6. The second-order valence-corrected chi connectivity index (χ2v) is 12.4. The van der Waals surface area contributed by atoms with Gasteiger partial charge in [-0.1, -0.05) is 50.3 Å². The highest BCUT2D eigenvalue weighted by molar-refractivity contribution is 5.82. The van der Waals surface area contributed by atoms with Gasteiger partial charge in [-0.05, 0) is 56.8 Å². The minimum atomic E-state index is -1.00. The van der Waals surface area contributed by atoms with Gasteiger partial charge in [0.15, 0.2) is 5.89 Å². The van der Waals surface area contributed by atoms with Crippen LogP contribution in [0, 0.1) is 24.7 Å². The van der Waals surface area contributed by atoms with Crippen LogP contribution in [0.25, 0.3) is 6.08 Å². The Morgan fingerprint density at radius 3 is 2.61 bits per heavy atom. The van der Waals surface area contributed by atoms with Crippen molar-refractivity contribution in [2.24, 2.45) is 17.8 Å². The van der Waals surface area contributed by atoms with Crippen LogP contribution in [0.15, 0.2) is 64.4 Å². The topological polar surface area (TPSA) is 163 Å². The minimum absolute atomic E-state index is 0.0283. The number of aliphatic hydroxyl groups is 3. The predicted octanol–water partition coefficient (Wildman–Crippen LogP) is 4.70. The number of carboxylic acid groups (broad SMARTS) is 1. The number of fused-ring (bicyclic) bond motifs is 1. The largest absolute Gasteiger partial charge is 0.481 e. The van der Waals surface area contributed by atoms with Crippen LogP contribution in [0.5, 0.6) is 0 Å². The van der Waals surface area contributed by atoms with E-state index in [0.29, 0.717) is 17.2 Å². The van der Waals surface area contributed by atoms with E-state index >= 15 is 0 Å². The van der Waals surface area contributed by atoms with Crippen molar-refractivity contribution in [2.45, 2.75) is 103 Å². The average molecular weight is 614 g/mol. The number of cyclic esters (lactones) is 1. The number of allylic oxidation sites excluding steroid dienone is 5. The second kappa shape index (κ2) is 15.6. The molecule has 0 amide bonds. The molecule has 2 aliphatic heterocycles. The normalized spacial score (nSPS) is 33.7. The quantitative estimate of drug-likeness (QED) is 0.140. The molecule has 1 fully saturated rings. The summed E-state index contributed by atoms with van der Waals surface area (Å²) in [5.74, 6) is -2.29. The Morgan fingerprint density at radius 1 is 1.23 bits per heavy atom. The number of nitrogens with zero attached hydrogens (tertiary/aromatic N) is 1. The lowest BCUT2D eigenvalue weighted by Gasteiger charge is -2.30. The molecule has 0 saturated carbocycles. The van der Waals surface area contributed by atoms with Gasteiger partial charge >= 0.3 is 11.9 Å². The Balaban J connectivity index is 1.78. The number of epoxide rings is 1. The molecule has 44 heavy (non-hydrogen) atoms. The SMILES string of the molecule is CC(/C=C/C=C(\C)[C@H](O)[C@@H](C)[C@@H]1C[C@H](O)[C@]2(C)O[C@@H]2/C=C/[C@@H](C)[C@H](O)C[C@H](CC(=O)O)C/C=C/C(=O)O1)=C\c1coc(C)n1. The van der Waals surface area contributed by atoms with Crippen LogP contribution >= 0.6 is 0 Å². The molecular weight excluding hydrogens is 566 g/mol. The van der Waals surface area contributed by atoms with E-state index in [2.05, 4.69) is 4.98 Å². The summed E-state index contributed by atoms with van der Waals surface area (Å²) in [4.78, 5) is 28.5. The van der Waals surface area contributed by atoms with E-state index in [9.17, 15) is 30.0 Å². The molecule has 10 heteroatoms. The van der Waals surface area contributed by atoms with E-state index < -0.39 is 54.0 Å². The lowest BCUT2D eigenvalue weighted by Crippen LogP contribution is -2.40. The first-order valence-corrected chi connectivity index (χ1v) is 15.1. The number of aliphatic hydroxyl groups excluding tert-OH is 3. The number of oxazole rings is 1. The Morgan fingerprint density at radius 2 is 1.95 bits per heavy atom. The summed E-state index contributed by atoms with van der Waals surface area (Å²) >= 11 is 0. The lowest BCUT2D eigenvalue weighted by molar-refractivity contribution is -0.150. The van der Waals surface area contributed by atoms with E-state index in [4.69, 9.17) is 13.9 Å². The van der Waals surface area contributed by atoms with Gasteiger partial charge < -0.3 is 34.3 Å². The van der Waals surface area contributed by atoms with Gasteiger partial charge in [0.05, 0.1) is 18.3 Å². The zero-order valence-corrected chi connectivity index (χ0v) is 26.4. The standard InChI is InChI=1S/C34H47NO9/c1-20(15-26-19-42-24(5)35-26)9-7-10-22(3)33(41)23(4)28-18-29(37)34(6)30(44-34)14-13-21(2)27(36)16-25(17-31(38)39)11-8-12-32(40)43-28/h7-10,12-15,19,21,23,25,27-30,33,36-37,41H,11,16-18H2,1-6H3,(H,38,39)/b9-7+,12-8+,14-13+,20-15+,22-10+/t21-,23+,25-,27-,28+,29+,30-,33+,34+/m1/s1. The number of carboxylic acids is 1. The van der Waals surface area contributed by atoms with E-state index in [1.807, 2.05) is 38.2 Å². The first-order chi connectivity index (χ1) is 20.7. The van der Waals surface area contributed by atoms with Crippen molar-refractivity contribution in [1.29, 1.82) is 0 Å². The number of carbonyl (C=O) groups excluding carboxylic acids is 1. The van der Waals surface area contributed by atoms with Gasteiger partial charge in [0.1, 0.15) is 29.8 Å². The van der Waals surface area contributed by atoms with Crippen molar-refractivity contribution < 1.29 is 43.9 Å². The molecule has 1 aromatic rings. The molecule has 10 nitrogen and oxygen atoms in total. The number of hydrogen-bond acceptors (Lipinski definition) is 9. The maximum Gasteiger partial charge on any atom is 0.330 e. The fourth-order valence-corrected chi connectivity index (χ4v) is 5.37. The van der Waals surface area contributed by atoms with Gasteiger partial charge in [-0.25, -0.2) is 9.78 Å². The molecule has 4 N–H and O–H groups in total. The fourth-order valence-electron chi connectivity index (χ4n) is 5.37. The van der Waals surface area contributed by atoms with Gasteiger partial charge in [0, 0.05) is 37.7 Å². The number of hydrogen-bond donors (Lipinski definition) is 4. The fraction of sp³-hybridized carbons (Fsp3) is 0.559. The monoisotopic (exact) mass is 613 g/mol. The molecule has 1 aromatic heterocycles. The lowest BCUT2D eigenvalue weighted by atomic mass is 9.86. The van der Waals surface area contributed by atoms with Crippen molar-refractivity contribution in [3.8, 4) is 0 Å². The van der Waals surface area contributed by atoms with E-state index in [0.717, 1.165) is 5.57 Å². The van der Waals surface area contributed by atoms with Crippen LogP contribution in [-0.2, 0) is 19.1 Å².